The molecule has 0 N–H and O–H groups in total. The van der Waals surface area contributed by atoms with Gasteiger partial charge in [-0.25, -0.2) is 4.98 Å². The molecule has 6 heteroatoms. The number of rotatable bonds is 3. The molecule has 0 saturated carbocycles. The summed E-state index contributed by atoms with van der Waals surface area (Å²) in [6.45, 7) is 2.26. The Hall–Kier alpha value is -1.69. The van der Waals surface area contributed by atoms with Gasteiger partial charge in [0.15, 0.2) is 0 Å². The molecule has 0 aliphatic heterocycles. The molecule has 1 atom stereocenters. The highest BCUT2D eigenvalue weighted by Crippen LogP contribution is 2.38. The van der Waals surface area contributed by atoms with Crippen molar-refractivity contribution in [1.82, 2.24) is 14.8 Å². The Labute approximate surface area is 121 Å². The third-order valence-corrected chi connectivity index (χ3v) is 4.66. The third kappa shape index (κ3) is 2.35. The van der Waals surface area contributed by atoms with Crippen LogP contribution in [0.25, 0.3) is 10.6 Å². The van der Waals surface area contributed by atoms with Crippen LogP contribution in [0.15, 0.2) is 12.4 Å². The lowest BCUT2D eigenvalue weighted by Gasteiger charge is -2.19. The molecule has 2 aromatic heterocycles. The highest BCUT2D eigenvalue weighted by molar-refractivity contribution is 7.15. The zero-order valence-corrected chi connectivity index (χ0v) is 12.4. The molecular formula is C14H17N3O2S. The second-order valence-electron chi connectivity index (χ2n) is 4.93. The maximum absolute atomic E-state index is 12.0. The molecular weight excluding hydrogens is 274 g/mol. The van der Waals surface area contributed by atoms with Crippen molar-refractivity contribution in [3.63, 3.8) is 0 Å². The summed E-state index contributed by atoms with van der Waals surface area (Å²) in [7, 11) is 1.89. The summed E-state index contributed by atoms with van der Waals surface area (Å²) in [5, 5.41) is 5.12. The maximum atomic E-state index is 12.0. The molecule has 1 aliphatic carbocycles. The van der Waals surface area contributed by atoms with E-state index in [-0.39, 0.29) is 11.9 Å². The minimum Gasteiger partial charge on any atom is -0.465 e. The van der Waals surface area contributed by atoms with Crippen molar-refractivity contribution in [3.05, 3.63) is 23.0 Å². The number of fused-ring (bicyclic) bond motifs is 1. The van der Waals surface area contributed by atoms with Crippen LogP contribution in [-0.2, 0) is 23.0 Å². The summed E-state index contributed by atoms with van der Waals surface area (Å²) in [6.07, 6.45) is 6.61. The fraction of sp³-hybridized carbons (Fsp3) is 0.500. The largest absolute Gasteiger partial charge is 0.465 e. The number of ether oxygens (including phenoxy) is 1. The van der Waals surface area contributed by atoms with Crippen LogP contribution in [0.5, 0.6) is 0 Å². The molecule has 2 heterocycles. The van der Waals surface area contributed by atoms with E-state index in [1.807, 2.05) is 26.4 Å². The maximum Gasteiger partial charge on any atom is 0.315 e. The normalized spacial score (nSPS) is 17.8. The molecule has 0 aromatic carbocycles. The van der Waals surface area contributed by atoms with Gasteiger partial charge in [-0.3, -0.25) is 9.48 Å². The number of carbonyl (C=O) groups excluding carboxylic acids is 1. The van der Waals surface area contributed by atoms with E-state index in [4.69, 9.17) is 4.74 Å². The van der Waals surface area contributed by atoms with Crippen LogP contribution >= 0.6 is 11.3 Å². The number of hydrogen-bond acceptors (Lipinski definition) is 5. The Kier molecular flexibility index (Phi) is 3.56. The summed E-state index contributed by atoms with van der Waals surface area (Å²) in [5.41, 5.74) is 1.92. The lowest BCUT2D eigenvalue weighted by atomic mass is 9.91. The van der Waals surface area contributed by atoms with Crippen LogP contribution in [0, 0.1) is 0 Å². The number of aryl methyl sites for hydroxylation is 2. The van der Waals surface area contributed by atoms with Gasteiger partial charge in [0.25, 0.3) is 0 Å². The minimum absolute atomic E-state index is 0.142. The fourth-order valence-electron chi connectivity index (χ4n) is 2.55. The quantitative estimate of drug-likeness (QED) is 0.815. The number of nitrogens with zero attached hydrogens (tertiary/aromatic N) is 3. The number of carbonyl (C=O) groups is 1. The fourth-order valence-corrected chi connectivity index (χ4v) is 3.69. The van der Waals surface area contributed by atoms with Gasteiger partial charge in [0.05, 0.1) is 18.5 Å². The van der Waals surface area contributed by atoms with Gasteiger partial charge in [-0.05, 0) is 26.2 Å². The predicted molar refractivity (Wildman–Crippen MR) is 76.6 cm³/mol. The lowest BCUT2D eigenvalue weighted by Crippen LogP contribution is -2.20. The van der Waals surface area contributed by atoms with Crippen molar-refractivity contribution in [2.75, 3.05) is 6.61 Å². The zero-order valence-electron chi connectivity index (χ0n) is 11.6. The molecule has 1 unspecified atom stereocenters. The van der Waals surface area contributed by atoms with Crippen molar-refractivity contribution in [2.45, 2.75) is 32.1 Å². The molecule has 1 aliphatic rings. The molecule has 2 aromatic rings. The molecule has 5 nitrogen and oxygen atoms in total. The number of hydrogen-bond donors (Lipinski definition) is 0. The Morgan fingerprint density at radius 3 is 3.15 bits per heavy atom. The molecule has 20 heavy (non-hydrogen) atoms. The van der Waals surface area contributed by atoms with Gasteiger partial charge in [-0.2, -0.15) is 5.10 Å². The van der Waals surface area contributed by atoms with E-state index in [0.29, 0.717) is 6.61 Å². The third-order valence-electron chi connectivity index (χ3n) is 3.48. The summed E-state index contributed by atoms with van der Waals surface area (Å²) >= 11 is 1.67. The van der Waals surface area contributed by atoms with Gasteiger partial charge >= 0.3 is 5.97 Å². The first kappa shape index (κ1) is 13.3. The van der Waals surface area contributed by atoms with Gasteiger partial charge in [0, 0.05) is 23.7 Å². The van der Waals surface area contributed by atoms with Crippen molar-refractivity contribution in [1.29, 1.82) is 0 Å². The van der Waals surface area contributed by atoms with E-state index >= 15 is 0 Å². The first-order valence-electron chi connectivity index (χ1n) is 6.84. The lowest BCUT2D eigenvalue weighted by molar-refractivity contribution is -0.145. The smallest absolute Gasteiger partial charge is 0.315 e. The van der Waals surface area contributed by atoms with E-state index in [9.17, 15) is 4.79 Å². The second kappa shape index (κ2) is 5.36. The number of esters is 1. The summed E-state index contributed by atoms with van der Waals surface area (Å²) in [6, 6.07) is 0. The van der Waals surface area contributed by atoms with Gasteiger partial charge in [-0.1, -0.05) is 0 Å². The molecule has 0 saturated heterocycles. The minimum atomic E-state index is -0.194. The average Bonchev–Trinajstić information content (AvgIpc) is 3.03. The van der Waals surface area contributed by atoms with Crippen LogP contribution in [0.2, 0.25) is 0 Å². The molecule has 0 spiro atoms. The zero-order chi connectivity index (χ0) is 14.1. The van der Waals surface area contributed by atoms with Crippen molar-refractivity contribution in [3.8, 4) is 10.6 Å². The van der Waals surface area contributed by atoms with E-state index in [2.05, 4.69) is 10.1 Å². The number of aromatic nitrogens is 3. The van der Waals surface area contributed by atoms with E-state index in [0.717, 1.165) is 35.5 Å². The summed E-state index contributed by atoms with van der Waals surface area (Å²) in [5.74, 6) is -0.336. The Morgan fingerprint density at radius 1 is 1.60 bits per heavy atom. The first-order chi connectivity index (χ1) is 9.69. The highest BCUT2D eigenvalue weighted by Gasteiger charge is 2.31. The molecule has 0 bridgehead atoms. The molecule has 0 amide bonds. The molecule has 3 rings (SSSR count). The van der Waals surface area contributed by atoms with Gasteiger partial charge in [-0.15, -0.1) is 11.3 Å². The van der Waals surface area contributed by atoms with Crippen molar-refractivity contribution >= 4 is 17.3 Å². The molecule has 0 fully saturated rings. The predicted octanol–water partition coefficient (Wildman–Crippen LogP) is 2.53. The topological polar surface area (TPSA) is 57.0 Å². The monoisotopic (exact) mass is 291 g/mol. The molecule has 106 valence electrons. The van der Waals surface area contributed by atoms with Crippen molar-refractivity contribution < 1.29 is 9.53 Å². The highest BCUT2D eigenvalue weighted by atomic mass is 32.1. The standard InChI is InChI=1S/C14H17N3O2S/c1-3-19-14(18)10-5-4-6-11-12(10)16-13(20-11)9-7-15-17(2)8-9/h7-8,10H,3-6H2,1-2H3. The van der Waals surface area contributed by atoms with E-state index in [1.165, 1.54) is 4.88 Å². The van der Waals surface area contributed by atoms with Crippen molar-refractivity contribution in [2.24, 2.45) is 7.05 Å². The Balaban J connectivity index is 1.94. The Bertz CT molecular complexity index is 632. The SMILES string of the molecule is CCOC(=O)C1CCCc2sc(-c3cnn(C)c3)nc21. The van der Waals surface area contributed by atoms with Crippen LogP contribution in [0.1, 0.15) is 36.3 Å². The van der Waals surface area contributed by atoms with Crippen LogP contribution in [-0.4, -0.2) is 27.3 Å². The van der Waals surface area contributed by atoms with Gasteiger partial charge < -0.3 is 4.74 Å². The van der Waals surface area contributed by atoms with Crippen LogP contribution < -0.4 is 0 Å². The van der Waals surface area contributed by atoms with Crippen LogP contribution in [0.4, 0.5) is 0 Å². The summed E-state index contributed by atoms with van der Waals surface area (Å²) < 4.78 is 6.93. The summed E-state index contributed by atoms with van der Waals surface area (Å²) in [4.78, 5) is 17.9. The Morgan fingerprint density at radius 2 is 2.45 bits per heavy atom. The van der Waals surface area contributed by atoms with Crippen LogP contribution in [0.3, 0.4) is 0 Å². The average molecular weight is 291 g/mol. The number of thiazole rings is 1. The van der Waals surface area contributed by atoms with Gasteiger partial charge in [0.2, 0.25) is 0 Å². The van der Waals surface area contributed by atoms with Gasteiger partial charge in [0.1, 0.15) is 10.9 Å². The first-order valence-corrected chi connectivity index (χ1v) is 7.66. The van der Waals surface area contributed by atoms with E-state index in [1.54, 1.807) is 16.0 Å². The second-order valence-corrected chi connectivity index (χ2v) is 6.01. The van der Waals surface area contributed by atoms with E-state index < -0.39 is 0 Å². The molecule has 0 radical (unpaired) electrons.